The molecule has 3 nitrogen and oxygen atoms in total. The third-order valence-corrected chi connectivity index (χ3v) is 4.10. The Balaban J connectivity index is 2.75. The molecule has 0 spiro atoms. The van der Waals surface area contributed by atoms with Gasteiger partial charge >= 0.3 is 5.97 Å². The van der Waals surface area contributed by atoms with Crippen molar-refractivity contribution in [2.24, 2.45) is 11.1 Å². The highest BCUT2D eigenvalue weighted by Gasteiger charge is 2.26. The maximum Gasteiger partial charge on any atom is 0.303 e. The van der Waals surface area contributed by atoms with E-state index in [9.17, 15) is 4.79 Å². The Morgan fingerprint density at radius 1 is 1.53 bits per heavy atom. The van der Waals surface area contributed by atoms with Gasteiger partial charge in [0.05, 0.1) is 6.42 Å². The number of carboxylic acids is 1. The van der Waals surface area contributed by atoms with E-state index in [2.05, 4.69) is 19.9 Å². The van der Waals surface area contributed by atoms with Gasteiger partial charge in [0.2, 0.25) is 0 Å². The van der Waals surface area contributed by atoms with Crippen molar-refractivity contribution in [3.05, 3.63) is 21.4 Å². The largest absolute Gasteiger partial charge is 0.481 e. The predicted molar refractivity (Wildman–Crippen MR) is 71.4 cm³/mol. The van der Waals surface area contributed by atoms with E-state index in [1.165, 1.54) is 15.3 Å². The maximum atomic E-state index is 10.8. The Labute approximate surface area is 107 Å². The molecule has 96 valence electrons. The summed E-state index contributed by atoms with van der Waals surface area (Å²) < 4.78 is 0. The minimum Gasteiger partial charge on any atom is -0.481 e. The van der Waals surface area contributed by atoms with E-state index in [-0.39, 0.29) is 17.9 Å². The van der Waals surface area contributed by atoms with Crippen molar-refractivity contribution in [1.82, 2.24) is 0 Å². The summed E-state index contributed by atoms with van der Waals surface area (Å²) in [6.45, 7) is 8.03. The van der Waals surface area contributed by atoms with Gasteiger partial charge in [-0.3, -0.25) is 4.79 Å². The molecule has 1 aromatic heterocycles. The minimum atomic E-state index is -0.763. The molecule has 0 saturated heterocycles. The van der Waals surface area contributed by atoms with Crippen LogP contribution in [-0.2, 0) is 4.79 Å². The normalized spacial score (nSPS) is 13.7. The van der Waals surface area contributed by atoms with Gasteiger partial charge in [-0.15, -0.1) is 11.3 Å². The first-order chi connectivity index (χ1) is 7.71. The summed E-state index contributed by atoms with van der Waals surface area (Å²) >= 11 is 1.71. The van der Waals surface area contributed by atoms with Crippen LogP contribution in [0.2, 0.25) is 0 Å². The summed E-state index contributed by atoms with van der Waals surface area (Å²) in [6.07, 6.45) is 0.851. The van der Waals surface area contributed by atoms with Crippen LogP contribution >= 0.6 is 11.3 Å². The van der Waals surface area contributed by atoms with Gasteiger partial charge in [-0.1, -0.05) is 13.8 Å². The first kappa shape index (κ1) is 14.2. The number of aliphatic carboxylic acids is 1. The van der Waals surface area contributed by atoms with E-state index in [0.29, 0.717) is 6.42 Å². The van der Waals surface area contributed by atoms with Gasteiger partial charge in [-0.05, 0) is 37.3 Å². The lowest BCUT2D eigenvalue weighted by molar-refractivity contribution is -0.139. The highest BCUT2D eigenvalue weighted by Crippen LogP contribution is 2.35. The molecule has 1 rings (SSSR count). The van der Waals surface area contributed by atoms with Crippen molar-refractivity contribution in [3.63, 3.8) is 0 Å². The lowest BCUT2D eigenvalue weighted by Crippen LogP contribution is -2.23. The molecule has 0 saturated carbocycles. The van der Waals surface area contributed by atoms with Crippen molar-refractivity contribution >= 4 is 17.3 Å². The summed E-state index contributed by atoms with van der Waals surface area (Å²) in [5.74, 6) is -0.763. The van der Waals surface area contributed by atoms with Crippen LogP contribution in [0.4, 0.5) is 0 Å². The fraction of sp³-hybridized carbons (Fsp3) is 0.615. The van der Waals surface area contributed by atoms with Crippen LogP contribution < -0.4 is 5.73 Å². The standard InChI is InChI=1S/C13H21NO2S/c1-8-5-9(2)17-12(8)10(14)6-13(3,4)7-11(15)16/h5,10H,6-7,14H2,1-4H3,(H,15,16). The molecular formula is C13H21NO2S. The molecule has 17 heavy (non-hydrogen) atoms. The lowest BCUT2D eigenvalue weighted by atomic mass is 9.82. The molecule has 3 N–H and O–H groups in total. The molecule has 0 aromatic carbocycles. The zero-order chi connectivity index (χ0) is 13.2. The van der Waals surface area contributed by atoms with Gasteiger partial charge in [0.15, 0.2) is 0 Å². The molecule has 4 heteroatoms. The number of carbonyl (C=O) groups is 1. The van der Waals surface area contributed by atoms with E-state index in [1.54, 1.807) is 11.3 Å². The second-order valence-corrected chi connectivity index (χ2v) is 6.74. The van der Waals surface area contributed by atoms with Crippen molar-refractivity contribution < 1.29 is 9.90 Å². The average Bonchev–Trinajstić information content (AvgIpc) is 2.41. The fourth-order valence-electron chi connectivity index (χ4n) is 2.20. The number of carboxylic acid groups (broad SMARTS) is 1. The third kappa shape index (κ3) is 4.13. The monoisotopic (exact) mass is 255 g/mol. The van der Waals surface area contributed by atoms with Crippen LogP contribution in [0, 0.1) is 19.3 Å². The van der Waals surface area contributed by atoms with Crippen LogP contribution in [0.1, 0.15) is 48.0 Å². The molecule has 1 unspecified atom stereocenters. The molecule has 0 amide bonds. The molecule has 0 bridgehead atoms. The number of hydrogen-bond donors (Lipinski definition) is 2. The summed E-state index contributed by atoms with van der Waals surface area (Å²) in [5, 5.41) is 8.85. The molecule has 1 heterocycles. The van der Waals surface area contributed by atoms with Crippen molar-refractivity contribution in [1.29, 1.82) is 0 Å². The van der Waals surface area contributed by atoms with E-state index in [1.807, 2.05) is 13.8 Å². The Hall–Kier alpha value is -0.870. The zero-order valence-electron chi connectivity index (χ0n) is 10.9. The topological polar surface area (TPSA) is 63.3 Å². The third-order valence-electron chi connectivity index (χ3n) is 2.82. The summed E-state index contributed by atoms with van der Waals surface area (Å²) in [7, 11) is 0. The molecule has 0 fully saturated rings. The summed E-state index contributed by atoms with van der Waals surface area (Å²) in [4.78, 5) is 13.2. The van der Waals surface area contributed by atoms with Gasteiger partial charge < -0.3 is 10.8 Å². The lowest BCUT2D eigenvalue weighted by Gasteiger charge is -2.26. The molecular weight excluding hydrogens is 234 g/mol. The van der Waals surface area contributed by atoms with E-state index >= 15 is 0 Å². The van der Waals surface area contributed by atoms with Gasteiger partial charge in [-0.25, -0.2) is 0 Å². The van der Waals surface area contributed by atoms with Crippen LogP contribution in [-0.4, -0.2) is 11.1 Å². The number of nitrogens with two attached hydrogens (primary N) is 1. The quantitative estimate of drug-likeness (QED) is 0.849. The second-order valence-electron chi connectivity index (χ2n) is 5.45. The first-order valence-corrected chi connectivity index (χ1v) is 6.57. The summed E-state index contributed by atoms with van der Waals surface area (Å²) in [6, 6.07) is 2.06. The van der Waals surface area contributed by atoms with Gasteiger partial charge in [0, 0.05) is 15.8 Å². The maximum absolute atomic E-state index is 10.8. The predicted octanol–water partition coefficient (Wildman–Crippen LogP) is 3.26. The number of thiophene rings is 1. The van der Waals surface area contributed by atoms with Crippen molar-refractivity contribution in [3.8, 4) is 0 Å². The number of aryl methyl sites for hydroxylation is 2. The number of hydrogen-bond acceptors (Lipinski definition) is 3. The van der Waals surface area contributed by atoms with E-state index < -0.39 is 5.97 Å². The molecule has 0 aliphatic rings. The number of rotatable bonds is 5. The highest BCUT2D eigenvalue weighted by molar-refractivity contribution is 7.12. The Kier molecular flexibility index (Phi) is 4.33. The van der Waals surface area contributed by atoms with E-state index in [0.717, 1.165) is 0 Å². The molecule has 0 aliphatic heterocycles. The fourth-order valence-corrected chi connectivity index (χ4v) is 3.23. The SMILES string of the molecule is Cc1cc(C)c(C(N)CC(C)(C)CC(=O)O)s1. The van der Waals surface area contributed by atoms with Gasteiger partial charge in [0.25, 0.3) is 0 Å². The Morgan fingerprint density at radius 2 is 2.12 bits per heavy atom. The van der Waals surface area contributed by atoms with Gasteiger partial charge in [-0.2, -0.15) is 0 Å². The highest BCUT2D eigenvalue weighted by atomic mass is 32.1. The van der Waals surface area contributed by atoms with Crippen molar-refractivity contribution in [2.45, 2.75) is 46.6 Å². The Bertz CT molecular complexity index is 410. The van der Waals surface area contributed by atoms with Crippen LogP contribution in [0.3, 0.4) is 0 Å². The zero-order valence-corrected chi connectivity index (χ0v) is 11.7. The molecule has 1 aromatic rings. The van der Waals surface area contributed by atoms with Crippen LogP contribution in [0.25, 0.3) is 0 Å². The Morgan fingerprint density at radius 3 is 2.53 bits per heavy atom. The molecule has 1 atom stereocenters. The molecule has 0 aliphatic carbocycles. The van der Waals surface area contributed by atoms with Crippen LogP contribution in [0.5, 0.6) is 0 Å². The van der Waals surface area contributed by atoms with Crippen LogP contribution in [0.15, 0.2) is 6.07 Å². The van der Waals surface area contributed by atoms with E-state index in [4.69, 9.17) is 10.8 Å². The average molecular weight is 255 g/mol. The second kappa shape index (κ2) is 5.19. The molecule has 0 radical (unpaired) electrons. The van der Waals surface area contributed by atoms with Crippen molar-refractivity contribution in [2.75, 3.05) is 0 Å². The first-order valence-electron chi connectivity index (χ1n) is 5.75. The van der Waals surface area contributed by atoms with Gasteiger partial charge in [0.1, 0.15) is 0 Å². The minimum absolute atomic E-state index is 0.0666. The smallest absolute Gasteiger partial charge is 0.303 e. The summed E-state index contributed by atoms with van der Waals surface area (Å²) in [5.41, 5.74) is 7.13.